The van der Waals surface area contributed by atoms with Crippen molar-refractivity contribution in [1.29, 1.82) is 0 Å². The number of hydrogen-bond donors (Lipinski definition) is 1. The lowest BCUT2D eigenvalue weighted by Gasteiger charge is -2.39. The monoisotopic (exact) mass is 540 g/mol. The second kappa shape index (κ2) is 12.5. The maximum Gasteiger partial charge on any atom is 0.182 e. The minimum Gasteiger partial charge on any atom is -0.483 e. The SMILES string of the molecule is OC(c1cc(Cl)c(OCc2ccccc2)c(OCc2ccccc2)c1Cl)N1CCC(N2CCCC2)CC1. The van der Waals surface area contributed by atoms with Gasteiger partial charge in [-0.2, -0.15) is 0 Å². The first-order valence-electron chi connectivity index (χ1n) is 13.1. The average Bonchev–Trinajstić information content (AvgIpc) is 3.49. The van der Waals surface area contributed by atoms with Crippen molar-refractivity contribution >= 4 is 23.2 Å². The van der Waals surface area contributed by atoms with Gasteiger partial charge in [-0.1, -0.05) is 83.9 Å². The van der Waals surface area contributed by atoms with Crippen molar-refractivity contribution in [3.05, 3.63) is 93.5 Å². The van der Waals surface area contributed by atoms with Crippen molar-refractivity contribution in [2.24, 2.45) is 0 Å². The Hall–Kier alpha value is -2.28. The van der Waals surface area contributed by atoms with Gasteiger partial charge in [-0.3, -0.25) is 4.90 Å². The van der Waals surface area contributed by atoms with E-state index in [2.05, 4.69) is 9.80 Å². The molecule has 2 saturated heterocycles. The fourth-order valence-electron chi connectivity index (χ4n) is 5.31. The van der Waals surface area contributed by atoms with E-state index in [0.29, 0.717) is 46.4 Å². The Morgan fingerprint density at radius 3 is 1.89 bits per heavy atom. The molecule has 2 fully saturated rings. The van der Waals surface area contributed by atoms with Crippen LogP contribution in [0.25, 0.3) is 0 Å². The first-order chi connectivity index (χ1) is 18.1. The molecule has 2 aliphatic heterocycles. The Labute approximate surface area is 229 Å². The van der Waals surface area contributed by atoms with Gasteiger partial charge < -0.3 is 19.5 Å². The van der Waals surface area contributed by atoms with Gasteiger partial charge in [0.05, 0.1) is 10.0 Å². The number of halogens is 2. The van der Waals surface area contributed by atoms with Crippen LogP contribution in [0.5, 0.6) is 11.5 Å². The number of nitrogens with zero attached hydrogens (tertiary/aromatic N) is 2. The van der Waals surface area contributed by atoms with Crippen molar-refractivity contribution in [3.8, 4) is 11.5 Å². The molecule has 3 aromatic rings. The van der Waals surface area contributed by atoms with Crippen molar-refractivity contribution in [3.63, 3.8) is 0 Å². The van der Waals surface area contributed by atoms with Gasteiger partial charge in [0, 0.05) is 24.7 Å². The van der Waals surface area contributed by atoms with E-state index >= 15 is 0 Å². The van der Waals surface area contributed by atoms with Crippen LogP contribution < -0.4 is 9.47 Å². The van der Waals surface area contributed by atoms with E-state index in [4.69, 9.17) is 32.7 Å². The third-order valence-electron chi connectivity index (χ3n) is 7.39. The molecule has 2 heterocycles. The van der Waals surface area contributed by atoms with Crippen molar-refractivity contribution in [2.45, 2.75) is 51.2 Å². The van der Waals surface area contributed by atoms with Gasteiger partial charge in [0.25, 0.3) is 0 Å². The second-order valence-corrected chi connectivity index (χ2v) is 10.6. The Bertz CT molecular complexity index is 1150. The molecular weight excluding hydrogens is 507 g/mol. The predicted molar refractivity (Wildman–Crippen MR) is 148 cm³/mol. The molecule has 0 radical (unpaired) electrons. The maximum atomic E-state index is 11.4. The molecule has 1 N–H and O–H groups in total. The van der Waals surface area contributed by atoms with Crippen LogP contribution in [0.15, 0.2) is 66.7 Å². The molecular formula is C30H34Cl2N2O3. The largest absolute Gasteiger partial charge is 0.483 e. The molecule has 7 heteroatoms. The molecule has 1 unspecified atom stereocenters. The Kier molecular flexibility index (Phi) is 8.90. The topological polar surface area (TPSA) is 45.2 Å². The van der Waals surface area contributed by atoms with Gasteiger partial charge in [0.1, 0.15) is 19.4 Å². The fraction of sp³-hybridized carbons (Fsp3) is 0.400. The number of benzene rings is 3. The quantitative estimate of drug-likeness (QED) is 0.327. The van der Waals surface area contributed by atoms with Gasteiger partial charge in [0.2, 0.25) is 0 Å². The van der Waals surface area contributed by atoms with E-state index in [1.807, 2.05) is 60.7 Å². The highest BCUT2D eigenvalue weighted by molar-refractivity contribution is 6.36. The van der Waals surface area contributed by atoms with Crippen molar-refractivity contribution < 1.29 is 14.6 Å². The normalized spacial score (nSPS) is 18.1. The lowest BCUT2D eigenvalue weighted by Crippen LogP contribution is -2.45. The first-order valence-corrected chi connectivity index (χ1v) is 13.9. The molecule has 5 nitrogen and oxygen atoms in total. The molecule has 0 spiro atoms. The van der Waals surface area contributed by atoms with Gasteiger partial charge >= 0.3 is 0 Å². The van der Waals surface area contributed by atoms with Gasteiger partial charge in [-0.15, -0.1) is 0 Å². The lowest BCUT2D eigenvalue weighted by atomic mass is 10.0. The van der Waals surface area contributed by atoms with Crippen molar-refractivity contribution in [1.82, 2.24) is 9.80 Å². The van der Waals surface area contributed by atoms with Crippen LogP contribution in [-0.4, -0.2) is 47.1 Å². The summed E-state index contributed by atoms with van der Waals surface area (Å²) < 4.78 is 12.3. The van der Waals surface area contributed by atoms with Gasteiger partial charge in [-0.25, -0.2) is 0 Å². The molecule has 5 rings (SSSR count). The van der Waals surface area contributed by atoms with Crippen LogP contribution in [0, 0.1) is 0 Å². The third kappa shape index (κ3) is 6.42. The van der Waals surface area contributed by atoms with Crippen LogP contribution in [0.3, 0.4) is 0 Å². The summed E-state index contributed by atoms with van der Waals surface area (Å²) in [6, 6.07) is 22.1. The van der Waals surface area contributed by atoms with Crippen LogP contribution in [0.2, 0.25) is 10.0 Å². The number of aliphatic hydroxyl groups is 1. The number of piperidine rings is 1. The standard InChI is InChI=1S/C30H34Cl2N2O3/c31-26-19-25(30(35)34-17-13-24(14-18-34)33-15-7-8-16-33)27(32)29(37-21-23-11-5-2-6-12-23)28(26)36-20-22-9-3-1-4-10-22/h1-6,9-12,19,24,30,35H,7-8,13-18,20-21H2. The molecule has 196 valence electrons. The number of hydrogen-bond acceptors (Lipinski definition) is 5. The molecule has 3 aromatic carbocycles. The Morgan fingerprint density at radius 1 is 0.784 bits per heavy atom. The van der Waals surface area contributed by atoms with Crippen LogP contribution in [0.1, 0.15) is 48.6 Å². The summed E-state index contributed by atoms with van der Waals surface area (Å²) in [4.78, 5) is 4.68. The molecule has 0 amide bonds. The molecule has 0 bridgehead atoms. The van der Waals surface area contributed by atoms with Crippen molar-refractivity contribution in [2.75, 3.05) is 26.2 Å². The van der Waals surface area contributed by atoms with Gasteiger partial charge in [0.15, 0.2) is 11.5 Å². The van der Waals surface area contributed by atoms with Crippen LogP contribution in [0.4, 0.5) is 0 Å². The first kappa shape index (κ1) is 26.3. The summed E-state index contributed by atoms with van der Waals surface area (Å²) in [5.41, 5.74) is 2.55. The zero-order chi connectivity index (χ0) is 25.6. The highest BCUT2D eigenvalue weighted by Gasteiger charge is 2.32. The molecule has 0 aromatic heterocycles. The number of aliphatic hydroxyl groups excluding tert-OH is 1. The van der Waals surface area contributed by atoms with E-state index < -0.39 is 6.23 Å². The Morgan fingerprint density at radius 2 is 1.32 bits per heavy atom. The molecule has 1 atom stereocenters. The van der Waals surface area contributed by atoms with E-state index in [-0.39, 0.29) is 0 Å². The number of ether oxygens (including phenoxy) is 2. The summed E-state index contributed by atoms with van der Waals surface area (Å²) in [6.45, 7) is 4.64. The second-order valence-electron chi connectivity index (χ2n) is 9.85. The minimum atomic E-state index is -0.869. The zero-order valence-electron chi connectivity index (χ0n) is 21.0. The van der Waals surface area contributed by atoms with E-state index in [0.717, 1.165) is 37.1 Å². The summed E-state index contributed by atoms with van der Waals surface area (Å²) in [6.07, 6.45) is 3.80. The minimum absolute atomic E-state index is 0.305. The number of likely N-dealkylation sites (tertiary alicyclic amines) is 2. The predicted octanol–water partition coefficient (Wildman–Crippen LogP) is 6.70. The van der Waals surface area contributed by atoms with E-state index in [9.17, 15) is 5.11 Å². The van der Waals surface area contributed by atoms with E-state index in [1.165, 1.54) is 25.9 Å². The zero-order valence-corrected chi connectivity index (χ0v) is 22.5. The molecule has 0 saturated carbocycles. The van der Waals surface area contributed by atoms with Crippen LogP contribution >= 0.6 is 23.2 Å². The molecule has 0 aliphatic carbocycles. The lowest BCUT2D eigenvalue weighted by molar-refractivity contribution is -0.0245. The highest BCUT2D eigenvalue weighted by Crippen LogP contribution is 2.46. The van der Waals surface area contributed by atoms with Gasteiger partial charge in [-0.05, 0) is 56.0 Å². The summed E-state index contributed by atoms with van der Waals surface area (Å²) in [5.74, 6) is 0.741. The Balaban J connectivity index is 1.36. The highest BCUT2D eigenvalue weighted by atomic mass is 35.5. The smallest absolute Gasteiger partial charge is 0.182 e. The maximum absolute atomic E-state index is 11.4. The number of rotatable bonds is 9. The summed E-state index contributed by atoms with van der Waals surface area (Å²) >= 11 is 13.7. The van der Waals surface area contributed by atoms with E-state index in [1.54, 1.807) is 6.07 Å². The fourth-order valence-corrected chi connectivity index (χ4v) is 5.86. The molecule has 37 heavy (non-hydrogen) atoms. The molecule has 2 aliphatic rings. The van der Waals surface area contributed by atoms with Crippen LogP contribution in [-0.2, 0) is 13.2 Å². The summed E-state index contributed by atoms with van der Waals surface area (Å²) in [5, 5.41) is 12.1. The summed E-state index contributed by atoms with van der Waals surface area (Å²) in [7, 11) is 0. The average molecular weight is 542 g/mol. The third-order valence-corrected chi connectivity index (χ3v) is 8.06.